The van der Waals surface area contributed by atoms with Crippen LogP contribution in [0.3, 0.4) is 0 Å². The van der Waals surface area contributed by atoms with Gasteiger partial charge in [0, 0.05) is 23.9 Å². The SMILES string of the molecule is C[C@H]([O-])C(=O)[O-].C[C@H]([O-])C(=O)[O-].C[C@H]([O-])C(=O)[O-].C[C@H]([O-])C(=O)[O-].O.O.O.[NH4+].[NH4+].[NH4+].[NH4+].[O-2].[O-][O-].[O-][O-].[Ta+5].[Ta+5]. The Morgan fingerprint density at radius 1 is 0.421 bits per heavy atom. The fourth-order valence-electron chi connectivity index (χ4n) is 0. The van der Waals surface area contributed by atoms with Gasteiger partial charge in [0.15, 0.2) is 0 Å². The second-order valence-electron chi connectivity index (χ2n) is 3.85. The molecule has 236 valence electrons. The van der Waals surface area contributed by atoms with E-state index < -0.39 is 48.3 Å². The maximum Gasteiger partial charge on any atom is 5.00 e. The van der Waals surface area contributed by atoms with Crippen LogP contribution in [-0.2, 0) is 69.4 Å². The molecule has 0 aromatic heterocycles. The molecule has 0 spiro atoms. The summed E-state index contributed by atoms with van der Waals surface area (Å²) in [6.45, 7) is 4.09. The van der Waals surface area contributed by atoms with Crippen molar-refractivity contribution < 1.29 is 148 Å². The first-order chi connectivity index (χ1) is 12.6. The van der Waals surface area contributed by atoms with E-state index in [0.29, 0.717) is 0 Å². The predicted molar refractivity (Wildman–Crippen MR) is 93.3 cm³/mol. The molecule has 24 nitrogen and oxygen atoms in total. The third-order valence-corrected chi connectivity index (χ3v) is 1.33. The van der Waals surface area contributed by atoms with E-state index in [0.717, 1.165) is 27.7 Å². The normalized spacial score (nSPS) is 8.95. The van der Waals surface area contributed by atoms with Gasteiger partial charge in [-0.1, -0.05) is 52.1 Å². The largest absolute Gasteiger partial charge is 5.00 e. The molecule has 0 aliphatic heterocycles. The van der Waals surface area contributed by atoms with Crippen molar-refractivity contribution in [2.75, 3.05) is 0 Å². The van der Waals surface area contributed by atoms with Gasteiger partial charge in [-0.05, 0) is 0 Å². The summed E-state index contributed by atoms with van der Waals surface area (Å²) in [6.07, 6.45) is -6.37. The number of quaternary nitrogens is 4. The first-order valence-corrected chi connectivity index (χ1v) is 6.37. The van der Waals surface area contributed by atoms with Crippen LogP contribution in [0.25, 0.3) is 0 Å². The number of rotatable bonds is 4. The third kappa shape index (κ3) is 182. The molecule has 0 fully saturated rings. The second-order valence-corrected chi connectivity index (χ2v) is 3.85. The van der Waals surface area contributed by atoms with Crippen molar-refractivity contribution in [1.29, 1.82) is 0 Å². The van der Waals surface area contributed by atoms with Crippen LogP contribution >= 0.6 is 0 Å². The van der Waals surface area contributed by atoms with E-state index in [1.165, 1.54) is 0 Å². The molecule has 26 heteroatoms. The van der Waals surface area contributed by atoms with Crippen LogP contribution < -0.4 is 86.5 Å². The molecule has 0 amide bonds. The first kappa shape index (κ1) is 109. The first-order valence-electron chi connectivity index (χ1n) is 6.37. The minimum atomic E-state index is -1.59. The summed E-state index contributed by atoms with van der Waals surface area (Å²) in [4.78, 5) is 37.1. The standard InChI is InChI=1S/4C3H5O3.4H3N.2O2.3H2O.O.2Ta/c4*1-2(4)3(5)6;;;;;2*1-2;;;;;;/h4*2H,1H3,(H,5,6);4*1H3;;;3*1H2;;;/q4*-1;;;;;2*-2;;;;-2;2*+5/t4*2-;;;;;;;;;;;;/m0000............/s1. The van der Waals surface area contributed by atoms with Crippen molar-refractivity contribution in [3.8, 4) is 0 Å². The Bertz CT molecular complexity index is 336. The van der Waals surface area contributed by atoms with Crippen LogP contribution in [-0.4, -0.2) is 64.7 Å². The molecular formula is C12H38N4O20Ta2. The van der Waals surface area contributed by atoms with Gasteiger partial charge < -0.3 is 128 Å². The van der Waals surface area contributed by atoms with Crippen LogP contribution in [0.15, 0.2) is 0 Å². The Balaban J connectivity index is -0.0000000107. The summed E-state index contributed by atoms with van der Waals surface area (Å²) >= 11 is 0. The molecule has 0 aromatic rings. The summed E-state index contributed by atoms with van der Waals surface area (Å²) in [5.74, 6) is -6.19. The van der Waals surface area contributed by atoms with Crippen LogP contribution in [0, 0.1) is 0 Å². The fraction of sp³-hybridized carbons (Fsp3) is 0.667. The van der Waals surface area contributed by atoms with E-state index in [1.54, 1.807) is 0 Å². The molecular weight excluding hydrogens is 882 g/mol. The molecule has 0 unspecified atom stereocenters. The summed E-state index contributed by atoms with van der Waals surface area (Å²) in [7, 11) is 0. The van der Waals surface area contributed by atoms with Crippen molar-refractivity contribution in [2.24, 2.45) is 0 Å². The zero-order valence-electron chi connectivity index (χ0n) is 21.6. The number of hydrogen-bond acceptors (Lipinski definition) is 16. The number of hydrogen-bond donors (Lipinski definition) is 4. The summed E-state index contributed by atoms with van der Waals surface area (Å²) < 4.78 is 0. The minimum Gasteiger partial charge on any atom is -2.00 e. The van der Waals surface area contributed by atoms with E-state index >= 15 is 0 Å². The topological polar surface area (TPSA) is 614 Å². The Labute approximate surface area is 248 Å². The zero-order chi connectivity index (χ0) is 24.6. The average Bonchev–Trinajstić information content (AvgIpc) is 2.59. The molecule has 38 heavy (non-hydrogen) atoms. The van der Waals surface area contributed by atoms with Crippen molar-refractivity contribution >= 4 is 23.9 Å². The van der Waals surface area contributed by atoms with Gasteiger partial charge in [-0.15, -0.1) is 0 Å². The predicted octanol–water partition coefficient (Wildman–Crippen LogP) is -15.9. The van der Waals surface area contributed by atoms with Gasteiger partial charge in [0.05, 0.1) is 0 Å². The number of carboxylic acids is 4. The van der Waals surface area contributed by atoms with E-state index in [4.69, 9.17) is 21.0 Å². The maximum atomic E-state index is 9.56. The number of carbonyl (C=O) groups excluding carboxylic acids is 4. The summed E-state index contributed by atoms with van der Waals surface area (Å²) in [5, 5.41) is 103. The molecule has 0 heterocycles. The third-order valence-electron chi connectivity index (χ3n) is 1.33. The Hall–Kier alpha value is -1.28. The van der Waals surface area contributed by atoms with Crippen LogP contribution in [0.4, 0.5) is 0 Å². The molecule has 0 saturated heterocycles. The van der Waals surface area contributed by atoms with Gasteiger partial charge in [-0.3, -0.25) is 0 Å². The Morgan fingerprint density at radius 3 is 0.447 bits per heavy atom. The molecule has 0 rings (SSSR count). The van der Waals surface area contributed by atoms with Crippen molar-refractivity contribution in [3.63, 3.8) is 0 Å². The van der Waals surface area contributed by atoms with E-state index in [9.17, 15) is 60.0 Å². The van der Waals surface area contributed by atoms with Gasteiger partial charge >= 0.3 is 44.8 Å². The summed E-state index contributed by atoms with van der Waals surface area (Å²) in [5.41, 5.74) is 0. The minimum absolute atomic E-state index is 0. The van der Waals surface area contributed by atoms with Crippen LogP contribution in [0.1, 0.15) is 27.7 Å². The van der Waals surface area contributed by atoms with Crippen molar-refractivity contribution in [2.45, 2.75) is 52.1 Å². The van der Waals surface area contributed by atoms with E-state index in [1.807, 2.05) is 0 Å². The molecule has 4 atom stereocenters. The monoisotopic (exact) mass is 920 g/mol. The molecule has 0 aromatic carbocycles. The Morgan fingerprint density at radius 2 is 0.447 bits per heavy atom. The molecule has 0 saturated carbocycles. The van der Waals surface area contributed by atoms with E-state index in [-0.39, 0.29) is 91.3 Å². The quantitative estimate of drug-likeness (QED) is 0.150. The second kappa shape index (κ2) is 83.4. The van der Waals surface area contributed by atoms with Gasteiger partial charge in [0.2, 0.25) is 0 Å². The number of carboxylic acid groups (broad SMARTS) is 4. The van der Waals surface area contributed by atoms with E-state index in [2.05, 4.69) is 0 Å². The fourth-order valence-corrected chi connectivity index (χ4v) is 0. The molecule has 22 N–H and O–H groups in total. The van der Waals surface area contributed by atoms with Gasteiger partial charge in [0.1, 0.15) is 0 Å². The van der Waals surface area contributed by atoms with Crippen LogP contribution in [0.5, 0.6) is 0 Å². The van der Waals surface area contributed by atoms with Crippen molar-refractivity contribution in [1.82, 2.24) is 24.6 Å². The number of aliphatic carboxylic acids is 4. The molecule has 0 aliphatic rings. The van der Waals surface area contributed by atoms with Gasteiger partial charge in [0.25, 0.3) is 0 Å². The number of carbonyl (C=O) groups is 4. The zero-order valence-corrected chi connectivity index (χ0v) is 28.1. The maximum absolute atomic E-state index is 9.56. The Kier molecular flexibility index (Phi) is 240. The van der Waals surface area contributed by atoms with Gasteiger partial charge in [-0.25, -0.2) is 0 Å². The molecule has 0 radical (unpaired) electrons. The average molecular weight is 920 g/mol. The smallest absolute Gasteiger partial charge is 2.00 e. The van der Waals surface area contributed by atoms with Crippen molar-refractivity contribution in [3.05, 3.63) is 0 Å². The summed E-state index contributed by atoms with van der Waals surface area (Å²) in [6, 6.07) is 0. The van der Waals surface area contributed by atoms with Crippen LogP contribution in [0.2, 0.25) is 0 Å². The van der Waals surface area contributed by atoms with Gasteiger partial charge in [-0.2, -0.15) is 0 Å². The molecule has 0 aliphatic carbocycles. The molecule has 0 bridgehead atoms.